The smallest absolute Gasteiger partial charge is 0.384 e. The first-order valence-corrected chi connectivity index (χ1v) is 9.78. The molecule has 0 amide bonds. The lowest BCUT2D eigenvalue weighted by Gasteiger charge is -2.28. The predicted molar refractivity (Wildman–Crippen MR) is 108 cm³/mol. The standard InChI is InChI=1S/C20H18ClF4N5/c1-10-7-13(26)29-18(15(10)20(23,24)25)14-12(21)8-11-17(16(14)22)27-9-28-19(11)30-5-3-2-4-6-30/h7-9H,2-6H2,1H3,(H2,26,29). The third-order valence-corrected chi connectivity index (χ3v) is 5.51. The summed E-state index contributed by atoms with van der Waals surface area (Å²) in [5.41, 5.74) is 3.18. The zero-order chi connectivity index (χ0) is 21.6. The number of aryl methyl sites for hydroxylation is 1. The van der Waals surface area contributed by atoms with Gasteiger partial charge in [-0.3, -0.25) is 0 Å². The molecule has 0 bridgehead atoms. The first kappa shape index (κ1) is 20.6. The van der Waals surface area contributed by atoms with Gasteiger partial charge in [-0.15, -0.1) is 0 Å². The lowest BCUT2D eigenvalue weighted by Crippen LogP contribution is -2.30. The number of nitrogens with two attached hydrogens (primary N) is 1. The fourth-order valence-electron chi connectivity index (χ4n) is 3.93. The molecule has 3 aromatic rings. The van der Waals surface area contributed by atoms with Gasteiger partial charge in [0.25, 0.3) is 0 Å². The highest BCUT2D eigenvalue weighted by molar-refractivity contribution is 6.34. The summed E-state index contributed by atoms with van der Waals surface area (Å²) >= 11 is 6.32. The molecular weight excluding hydrogens is 422 g/mol. The quantitative estimate of drug-likeness (QED) is 0.543. The van der Waals surface area contributed by atoms with Gasteiger partial charge in [0, 0.05) is 18.5 Å². The number of rotatable bonds is 2. The molecular formula is C20H18ClF4N5. The number of nitrogen functional groups attached to an aromatic ring is 1. The molecule has 1 aromatic carbocycles. The van der Waals surface area contributed by atoms with Crippen molar-refractivity contribution in [3.05, 3.63) is 40.4 Å². The fourth-order valence-corrected chi connectivity index (χ4v) is 4.21. The molecule has 30 heavy (non-hydrogen) atoms. The Balaban J connectivity index is 1.99. The maximum absolute atomic E-state index is 15.6. The van der Waals surface area contributed by atoms with Crippen LogP contribution in [0.3, 0.4) is 0 Å². The van der Waals surface area contributed by atoms with Crippen LogP contribution in [0.1, 0.15) is 30.4 Å². The third kappa shape index (κ3) is 3.51. The zero-order valence-corrected chi connectivity index (χ0v) is 16.8. The van der Waals surface area contributed by atoms with E-state index in [2.05, 4.69) is 15.0 Å². The second-order valence-corrected chi connectivity index (χ2v) is 7.68. The van der Waals surface area contributed by atoms with Crippen molar-refractivity contribution in [3.8, 4) is 11.3 Å². The van der Waals surface area contributed by atoms with E-state index in [0.29, 0.717) is 11.2 Å². The van der Waals surface area contributed by atoms with Crippen molar-refractivity contribution >= 4 is 34.1 Å². The summed E-state index contributed by atoms with van der Waals surface area (Å²) in [6, 6.07) is 2.50. The summed E-state index contributed by atoms with van der Waals surface area (Å²) in [5, 5.41) is 0.135. The van der Waals surface area contributed by atoms with Crippen LogP contribution in [-0.4, -0.2) is 28.0 Å². The van der Waals surface area contributed by atoms with Gasteiger partial charge in [-0.1, -0.05) is 11.6 Å². The SMILES string of the molecule is Cc1cc(N)nc(-c2c(Cl)cc3c(N4CCCCC4)ncnc3c2F)c1C(F)(F)F. The van der Waals surface area contributed by atoms with Gasteiger partial charge in [0.05, 0.1) is 21.8 Å². The number of pyridine rings is 1. The van der Waals surface area contributed by atoms with Gasteiger partial charge in [-0.25, -0.2) is 19.3 Å². The molecule has 1 aliphatic heterocycles. The summed E-state index contributed by atoms with van der Waals surface area (Å²) < 4.78 is 56.7. The average Bonchev–Trinajstić information content (AvgIpc) is 2.66. The minimum atomic E-state index is -4.77. The molecule has 158 valence electrons. The van der Waals surface area contributed by atoms with Crippen LogP contribution < -0.4 is 10.6 Å². The Morgan fingerprint density at radius 2 is 1.80 bits per heavy atom. The van der Waals surface area contributed by atoms with E-state index in [-0.39, 0.29) is 21.9 Å². The molecule has 4 rings (SSSR count). The number of aromatic nitrogens is 3. The summed E-state index contributed by atoms with van der Waals surface area (Å²) in [6.07, 6.45) is -0.521. The highest BCUT2D eigenvalue weighted by atomic mass is 35.5. The lowest BCUT2D eigenvalue weighted by molar-refractivity contribution is -0.137. The Morgan fingerprint density at radius 1 is 1.10 bits per heavy atom. The van der Waals surface area contributed by atoms with E-state index in [0.717, 1.165) is 38.4 Å². The van der Waals surface area contributed by atoms with Gasteiger partial charge < -0.3 is 10.6 Å². The first-order chi connectivity index (χ1) is 14.2. The van der Waals surface area contributed by atoms with Crippen molar-refractivity contribution in [2.45, 2.75) is 32.4 Å². The summed E-state index contributed by atoms with van der Waals surface area (Å²) in [7, 11) is 0. The molecule has 2 N–H and O–H groups in total. The van der Waals surface area contributed by atoms with E-state index >= 15 is 4.39 Å². The van der Waals surface area contributed by atoms with Gasteiger partial charge in [0.15, 0.2) is 5.82 Å². The molecule has 3 heterocycles. The molecule has 1 saturated heterocycles. The molecule has 5 nitrogen and oxygen atoms in total. The Kier molecular flexibility index (Phi) is 5.17. The number of nitrogens with zero attached hydrogens (tertiary/aromatic N) is 4. The summed E-state index contributed by atoms with van der Waals surface area (Å²) in [5.74, 6) is -0.635. The fraction of sp³-hybridized carbons (Fsp3) is 0.350. The van der Waals surface area contributed by atoms with Crippen LogP contribution in [0.15, 0.2) is 18.5 Å². The summed E-state index contributed by atoms with van der Waals surface area (Å²) in [6.45, 7) is 2.75. The topological polar surface area (TPSA) is 67.9 Å². The first-order valence-electron chi connectivity index (χ1n) is 9.41. The van der Waals surface area contributed by atoms with Crippen molar-refractivity contribution in [1.29, 1.82) is 0 Å². The van der Waals surface area contributed by atoms with Crippen LogP contribution in [0, 0.1) is 12.7 Å². The van der Waals surface area contributed by atoms with Gasteiger partial charge in [-0.2, -0.15) is 13.2 Å². The van der Waals surface area contributed by atoms with Crippen LogP contribution in [0.2, 0.25) is 5.02 Å². The van der Waals surface area contributed by atoms with Gasteiger partial charge in [0.2, 0.25) is 0 Å². The van der Waals surface area contributed by atoms with E-state index in [1.54, 1.807) is 0 Å². The second kappa shape index (κ2) is 7.54. The highest BCUT2D eigenvalue weighted by Gasteiger charge is 2.38. The zero-order valence-electron chi connectivity index (χ0n) is 16.0. The minimum absolute atomic E-state index is 0.111. The highest BCUT2D eigenvalue weighted by Crippen LogP contribution is 2.44. The van der Waals surface area contributed by atoms with Crippen LogP contribution in [0.25, 0.3) is 22.2 Å². The number of hydrogen-bond donors (Lipinski definition) is 1. The summed E-state index contributed by atoms with van der Waals surface area (Å²) in [4.78, 5) is 14.1. The van der Waals surface area contributed by atoms with E-state index in [1.807, 2.05) is 4.90 Å². The average molecular weight is 440 g/mol. The van der Waals surface area contributed by atoms with E-state index in [4.69, 9.17) is 17.3 Å². The van der Waals surface area contributed by atoms with Crippen LogP contribution >= 0.6 is 11.6 Å². The van der Waals surface area contributed by atoms with E-state index < -0.39 is 28.8 Å². The Bertz CT molecular complexity index is 1130. The number of alkyl halides is 3. The lowest BCUT2D eigenvalue weighted by atomic mass is 9.99. The molecule has 0 saturated carbocycles. The molecule has 1 aliphatic rings. The molecule has 0 atom stereocenters. The molecule has 0 aliphatic carbocycles. The van der Waals surface area contributed by atoms with Crippen LogP contribution in [0.4, 0.5) is 29.2 Å². The molecule has 0 spiro atoms. The molecule has 2 aromatic heterocycles. The van der Waals surface area contributed by atoms with Crippen LogP contribution in [-0.2, 0) is 6.18 Å². The largest absolute Gasteiger partial charge is 0.418 e. The van der Waals surface area contributed by atoms with Crippen molar-refractivity contribution in [2.24, 2.45) is 0 Å². The van der Waals surface area contributed by atoms with E-state index in [1.165, 1.54) is 19.3 Å². The number of fused-ring (bicyclic) bond motifs is 1. The van der Waals surface area contributed by atoms with Gasteiger partial charge >= 0.3 is 6.18 Å². The molecule has 1 fully saturated rings. The maximum Gasteiger partial charge on any atom is 0.418 e. The third-order valence-electron chi connectivity index (χ3n) is 5.21. The maximum atomic E-state index is 15.6. The molecule has 10 heteroatoms. The number of anilines is 2. The Hall–Kier alpha value is -2.68. The van der Waals surface area contributed by atoms with Crippen molar-refractivity contribution in [2.75, 3.05) is 23.7 Å². The van der Waals surface area contributed by atoms with Crippen molar-refractivity contribution in [3.63, 3.8) is 0 Å². The number of halogens is 5. The normalized spacial score (nSPS) is 15.1. The van der Waals surface area contributed by atoms with Crippen molar-refractivity contribution < 1.29 is 17.6 Å². The number of piperidine rings is 1. The minimum Gasteiger partial charge on any atom is -0.384 e. The Morgan fingerprint density at radius 3 is 2.47 bits per heavy atom. The van der Waals surface area contributed by atoms with Crippen molar-refractivity contribution in [1.82, 2.24) is 15.0 Å². The van der Waals surface area contributed by atoms with E-state index in [9.17, 15) is 13.2 Å². The van der Waals surface area contributed by atoms with Gasteiger partial charge in [0.1, 0.15) is 23.5 Å². The monoisotopic (exact) mass is 439 g/mol. The second-order valence-electron chi connectivity index (χ2n) is 7.27. The van der Waals surface area contributed by atoms with Gasteiger partial charge in [-0.05, 0) is 43.9 Å². The number of hydrogen-bond acceptors (Lipinski definition) is 5. The molecule has 0 unspecified atom stereocenters. The van der Waals surface area contributed by atoms with Crippen LogP contribution in [0.5, 0.6) is 0 Å². The predicted octanol–water partition coefficient (Wildman–Crippen LogP) is 5.38. The molecule has 0 radical (unpaired) electrons. The number of benzene rings is 1. The Labute approximate surface area is 174 Å².